The molecule has 1 heterocycles. The second-order valence-corrected chi connectivity index (χ2v) is 5.27. The third kappa shape index (κ3) is 5.12. The van der Waals surface area contributed by atoms with Gasteiger partial charge >= 0.3 is 0 Å². The molecule has 2 aromatic rings. The minimum absolute atomic E-state index is 0. The number of rotatable bonds is 5. The molecule has 1 aromatic carbocycles. The fourth-order valence-corrected chi connectivity index (χ4v) is 1.77. The van der Waals surface area contributed by atoms with Gasteiger partial charge in [0.15, 0.2) is 5.76 Å². The van der Waals surface area contributed by atoms with Gasteiger partial charge in [-0.3, -0.25) is 9.59 Å². The SMILES string of the molecule is CC(C)[C@@H](N)C(=O)Nc1ccc(NC(=O)c2ccco2)cc1.Cl. The normalized spacial score (nSPS) is 11.5. The molecule has 0 spiro atoms. The zero-order chi connectivity index (χ0) is 16.1. The van der Waals surface area contributed by atoms with Gasteiger partial charge in [0.2, 0.25) is 5.91 Å². The van der Waals surface area contributed by atoms with Crippen LogP contribution in [0.3, 0.4) is 0 Å². The summed E-state index contributed by atoms with van der Waals surface area (Å²) >= 11 is 0. The van der Waals surface area contributed by atoms with E-state index in [4.69, 9.17) is 10.2 Å². The first-order chi connectivity index (χ1) is 10.5. The van der Waals surface area contributed by atoms with Crippen LogP contribution in [0.5, 0.6) is 0 Å². The van der Waals surface area contributed by atoms with Gasteiger partial charge < -0.3 is 20.8 Å². The van der Waals surface area contributed by atoms with E-state index in [1.807, 2.05) is 13.8 Å². The highest BCUT2D eigenvalue weighted by atomic mass is 35.5. The Kier molecular flexibility index (Phi) is 6.81. The van der Waals surface area contributed by atoms with Gasteiger partial charge in [-0.2, -0.15) is 0 Å². The predicted octanol–water partition coefficient (Wildman–Crippen LogP) is 2.88. The van der Waals surface area contributed by atoms with E-state index in [2.05, 4.69) is 10.6 Å². The molecule has 0 aliphatic heterocycles. The minimum Gasteiger partial charge on any atom is -0.459 e. The molecule has 0 aliphatic carbocycles. The molecule has 2 rings (SSSR count). The van der Waals surface area contributed by atoms with E-state index in [9.17, 15) is 9.59 Å². The third-order valence-corrected chi connectivity index (χ3v) is 3.18. The molecule has 1 atom stereocenters. The van der Waals surface area contributed by atoms with Crippen molar-refractivity contribution in [2.75, 3.05) is 10.6 Å². The Balaban J connectivity index is 0.00000264. The van der Waals surface area contributed by atoms with Gasteiger partial charge in [0, 0.05) is 11.4 Å². The number of halogens is 1. The Bertz CT molecular complexity index is 639. The van der Waals surface area contributed by atoms with Crippen LogP contribution in [0.15, 0.2) is 47.1 Å². The number of carbonyl (C=O) groups excluding carboxylic acids is 2. The summed E-state index contributed by atoms with van der Waals surface area (Å²) in [4.78, 5) is 23.7. The van der Waals surface area contributed by atoms with E-state index in [0.717, 1.165) is 0 Å². The van der Waals surface area contributed by atoms with Crippen molar-refractivity contribution in [3.05, 3.63) is 48.4 Å². The standard InChI is InChI=1S/C16H19N3O3.ClH/c1-10(2)14(17)16(21)19-12-7-5-11(6-8-12)18-15(20)13-4-3-9-22-13;/h3-10,14H,17H2,1-2H3,(H,18,20)(H,19,21);1H/t14-;/m1./s1. The molecule has 2 amide bonds. The lowest BCUT2D eigenvalue weighted by atomic mass is 10.0. The van der Waals surface area contributed by atoms with Crippen molar-refractivity contribution in [1.82, 2.24) is 0 Å². The van der Waals surface area contributed by atoms with Crippen LogP contribution in [-0.4, -0.2) is 17.9 Å². The molecule has 23 heavy (non-hydrogen) atoms. The molecule has 0 radical (unpaired) electrons. The number of anilines is 2. The van der Waals surface area contributed by atoms with Crippen molar-refractivity contribution in [3.63, 3.8) is 0 Å². The molecule has 6 nitrogen and oxygen atoms in total. The van der Waals surface area contributed by atoms with Crippen molar-refractivity contribution in [3.8, 4) is 0 Å². The average molecular weight is 338 g/mol. The molecular formula is C16H20ClN3O3. The number of amides is 2. The van der Waals surface area contributed by atoms with Gasteiger partial charge in [-0.15, -0.1) is 12.4 Å². The van der Waals surface area contributed by atoms with E-state index >= 15 is 0 Å². The van der Waals surface area contributed by atoms with Gasteiger partial charge in [0.1, 0.15) is 0 Å². The molecule has 0 fully saturated rings. The van der Waals surface area contributed by atoms with Gasteiger partial charge in [-0.25, -0.2) is 0 Å². The number of nitrogens with two attached hydrogens (primary N) is 1. The zero-order valence-electron chi connectivity index (χ0n) is 12.9. The minimum atomic E-state index is -0.557. The van der Waals surface area contributed by atoms with Crippen molar-refractivity contribution in [1.29, 1.82) is 0 Å². The number of hydrogen-bond acceptors (Lipinski definition) is 4. The predicted molar refractivity (Wildman–Crippen MR) is 91.8 cm³/mol. The summed E-state index contributed by atoms with van der Waals surface area (Å²) in [5.41, 5.74) is 7.00. The fraction of sp³-hybridized carbons (Fsp3) is 0.250. The highest BCUT2D eigenvalue weighted by Crippen LogP contribution is 2.15. The second kappa shape index (κ2) is 8.36. The van der Waals surface area contributed by atoms with Crippen LogP contribution >= 0.6 is 12.4 Å². The maximum absolute atomic E-state index is 11.9. The molecule has 0 unspecified atom stereocenters. The van der Waals surface area contributed by atoms with Gasteiger partial charge in [0.25, 0.3) is 5.91 Å². The highest BCUT2D eigenvalue weighted by molar-refractivity contribution is 6.02. The molecule has 0 saturated carbocycles. The van der Waals surface area contributed by atoms with Crippen LogP contribution in [0.25, 0.3) is 0 Å². The average Bonchev–Trinajstić information content (AvgIpc) is 3.02. The Labute approximate surface area is 140 Å². The number of hydrogen-bond donors (Lipinski definition) is 3. The lowest BCUT2D eigenvalue weighted by molar-refractivity contribution is -0.118. The van der Waals surface area contributed by atoms with Gasteiger partial charge in [0.05, 0.1) is 12.3 Å². The number of furan rings is 1. The first kappa shape index (κ1) is 18.7. The lowest BCUT2D eigenvalue weighted by Crippen LogP contribution is -2.39. The smallest absolute Gasteiger partial charge is 0.291 e. The topological polar surface area (TPSA) is 97.4 Å². The summed E-state index contributed by atoms with van der Waals surface area (Å²) in [6.07, 6.45) is 1.44. The quantitative estimate of drug-likeness (QED) is 0.781. The molecule has 124 valence electrons. The van der Waals surface area contributed by atoms with E-state index in [-0.39, 0.29) is 35.9 Å². The van der Waals surface area contributed by atoms with Crippen molar-refractivity contribution >= 4 is 35.6 Å². The third-order valence-electron chi connectivity index (χ3n) is 3.18. The van der Waals surface area contributed by atoms with Crippen LogP contribution < -0.4 is 16.4 Å². The summed E-state index contributed by atoms with van der Waals surface area (Å²) in [5, 5.41) is 5.43. The fourth-order valence-electron chi connectivity index (χ4n) is 1.77. The molecule has 0 bridgehead atoms. The number of nitrogens with one attached hydrogen (secondary N) is 2. The summed E-state index contributed by atoms with van der Waals surface area (Å²) in [5.74, 6) is -0.266. The van der Waals surface area contributed by atoms with Crippen molar-refractivity contribution in [2.24, 2.45) is 11.7 Å². The van der Waals surface area contributed by atoms with Crippen LogP contribution in [-0.2, 0) is 4.79 Å². The Morgan fingerprint density at radius 2 is 1.61 bits per heavy atom. The zero-order valence-corrected chi connectivity index (χ0v) is 13.7. The number of benzene rings is 1. The molecule has 0 aliphatic rings. The Hall–Kier alpha value is -2.31. The summed E-state index contributed by atoms with van der Waals surface area (Å²) in [7, 11) is 0. The molecule has 1 aromatic heterocycles. The van der Waals surface area contributed by atoms with Crippen LogP contribution in [0.1, 0.15) is 24.4 Å². The van der Waals surface area contributed by atoms with E-state index < -0.39 is 6.04 Å². The summed E-state index contributed by atoms with van der Waals surface area (Å²) < 4.78 is 5.01. The van der Waals surface area contributed by atoms with Gasteiger partial charge in [-0.1, -0.05) is 13.8 Å². The second-order valence-electron chi connectivity index (χ2n) is 5.27. The van der Waals surface area contributed by atoms with Gasteiger partial charge in [-0.05, 0) is 42.3 Å². The summed E-state index contributed by atoms with van der Waals surface area (Å²) in [6, 6.07) is 9.45. The largest absolute Gasteiger partial charge is 0.459 e. The Morgan fingerprint density at radius 1 is 1.04 bits per heavy atom. The molecule has 0 saturated heterocycles. The van der Waals surface area contributed by atoms with Crippen LogP contribution in [0, 0.1) is 5.92 Å². The summed E-state index contributed by atoms with van der Waals surface area (Å²) in [6.45, 7) is 3.77. The molecule has 4 N–H and O–H groups in total. The van der Waals surface area contributed by atoms with E-state index in [1.165, 1.54) is 6.26 Å². The first-order valence-corrected chi connectivity index (χ1v) is 6.98. The maximum Gasteiger partial charge on any atom is 0.291 e. The molecular weight excluding hydrogens is 318 g/mol. The van der Waals surface area contributed by atoms with Crippen molar-refractivity contribution < 1.29 is 14.0 Å². The van der Waals surface area contributed by atoms with Crippen LogP contribution in [0.4, 0.5) is 11.4 Å². The van der Waals surface area contributed by atoms with E-state index in [0.29, 0.717) is 11.4 Å². The highest BCUT2D eigenvalue weighted by Gasteiger charge is 2.17. The Morgan fingerprint density at radius 3 is 2.09 bits per heavy atom. The van der Waals surface area contributed by atoms with E-state index in [1.54, 1.807) is 36.4 Å². The number of carbonyl (C=O) groups is 2. The maximum atomic E-state index is 11.9. The van der Waals surface area contributed by atoms with Crippen molar-refractivity contribution in [2.45, 2.75) is 19.9 Å². The lowest BCUT2D eigenvalue weighted by Gasteiger charge is -2.15. The first-order valence-electron chi connectivity index (χ1n) is 6.98. The molecule has 7 heteroatoms. The monoisotopic (exact) mass is 337 g/mol. The van der Waals surface area contributed by atoms with Crippen LogP contribution in [0.2, 0.25) is 0 Å².